The zero-order valence-corrected chi connectivity index (χ0v) is 8.19. The summed E-state index contributed by atoms with van der Waals surface area (Å²) in [6, 6.07) is 0.617. The van der Waals surface area contributed by atoms with Gasteiger partial charge in [0.05, 0.1) is 6.20 Å². The summed E-state index contributed by atoms with van der Waals surface area (Å²) in [5.74, 6) is 0.829. The second-order valence-corrected chi connectivity index (χ2v) is 3.79. The van der Waals surface area contributed by atoms with Gasteiger partial charge in [0.2, 0.25) is 0 Å². The zero-order valence-electron chi connectivity index (χ0n) is 8.19. The van der Waals surface area contributed by atoms with Crippen molar-refractivity contribution >= 4 is 5.82 Å². The van der Waals surface area contributed by atoms with Crippen LogP contribution in [0.25, 0.3) is 0 Å². The molecule has 1 aromatic heterocycles. The van der Waals surface area contributed by atoms with Crippen molar-refractivity contribution in [2.75, 3.05) is 5.32 Å². The molecule has 0 radical (unpaired) electrons. The van der Waals surface area contributed by atoms with Crippen LogP contribution in [0.1, 0.15) is 25.7 Å². The minimum Gasteiger partial charge on any atom is -0.365 e. The van der Waals surface area contributed by atoms with Crippen molar-refractivity contribution in [3.63, 3.8) is 0 Å². The Morgan fingerprint density at radius 1 is 1.29 bits per heavy atom. The van der Waals surface area contributed by atoms with Gasteiger partial charge in [-0.2, -0.15) is 0 Å². The quantitative estimate of drug-likeness (QED) is 0.738. The molecule has 4 heteroatoms. The molecule has 1 saturated carbocycles. The fourth-order valence-electron chi connectivity index (χ4n) is 1.90. The highest BCUT2D eigenvalue weighted by atomic mass is 15.0. The maximum atomic E-state index is 6.02. The second-order valence-electron chi connectivity index (χ2n) is 3.79. The SMILES string of the molecule is N[C@H]1CCCC[C@H]1Nc1cnccn1. The van der Waals surface area contributed by atoms with Crippen molar-refractivity contribution in [2.45, 2.75) is 37.8 Å². The van der Waals surface area contributed by atoms with E-state index in [2.05, 4.69) is 15.3 Å². The molecule has 0 saturated heterocycles. The number of hydrogen-bond donors (Lipinski definition) is 2. The summed E-state index contributed by atoms with van der Waals surface area (Å²) in [6.45, 7) is 0. The van der Waals surface area contributed by atoms with Gasteiger partial charge in [-0.05, 0) is 12.8 Å². The van der Waals surface area contributed by atoms with Gasteiger partial charge in [0.1, 0.15) is 5.82 Å². The molecule has 3 N–H and O–H groups in total. The molecule has 1 aromatic rings. The van der Waals surface area contributed by atoms with E-state index in [1.165, 1.54) is 12.8 Å². The van der Waals surface area contributed by atoms with Gasteiger partial charge in [-0.25, -0.2) is 4.98 Å². The fraction of sp³-hybridized carbons (Fsp3) is 0.600. The maximum Gasteiger partial charge on any atom is 0.144 e. The van der Waals surface area contributed by atoms with Crippen molar-refractivity contribution in [3.05, 3.63) is 18.6 Å². The summed E-state index contributed by atoms with van der Waals surface area (Å²) >= 11 is 0. The van der Waals surface area contributed by atoms with Crippen LogP contribution < -0.4 is 11.1 Å². The van der Waals surface area contributed by atoms with Gasteiger partial charge in [0.25, 0.3) is 0 Å². The van der Waals surface area contributed by atoms with Crippen LogP contribution in [0.2, 0.25) is 0 Å². The number of aromatic nitrogens is 2. The first-order valence-corrected chi connectivity index (χ1v) is 5.14. The zero-order chi connectivity index (χ0) is 9.80. The third kappa shape index (κ3) is 2.20. The minimum absolute atomic E-state index is 0.255. The summed E-state index contributed by atoms with van der Waals surface area (Å²) in [4.78, 5) is 8.19. The summed E-state index contributed by atoms with van der Waals surface area (Å²) in [5, 5.41) is 3.33. The number of anilines is 1. The first-order valence-electron chi connectivity index (χ1n) is 5.14. The van der Waals surface area contributed by atoms with Crippen molar-refractivity contribution in [3.8, 4) is 0 Å². The lowest BCUT2D eigenvalue weighted by Crippen LogP contribution is -2.42. The molecule has 0 unspecified atom stereocenters. The van der Waals surface area contributed by atoms with Gasteiger partial charge >= 0.3 is 0 Å². The fourth-order valence-corrected chi connectivity index (χ4v) is 1.90. The molecule has 2 rings (SSSR count). The van der Waals surface area contributed by atoms with Gasteiger partial charge in [-0.1, -0.05) is 12.8 Å². The first-order chi connectivity index (χ1) is 6.86. The Labute approximate surface area is 83.9 Å². The van der Waals surface area contributed by atoms with E-state index in [9.17, 15) is 0 Å². The number of nitrogens with one attached hydrogen (secondary N) is 1. The molecule has 1 heterocycles. The largest absolute Gasteiger partial charge is 0.365 e. The van der Waals surface area contributed by atoms with E-state index in [0.29, 0.717) is 6.04 Å². The van der Waals surface area contributed by atoms with E-state index < -0.39 is 0 Å². The lowest BCUT2D eigenvalue weighted by atomic mass is 9.91. The van der Waals surface area contributed by atoms with E-state index in [1.54, 1.807) is 18.6 Å². The molecular weight excluding hydrogens is 176 g/mol. The predicted molar refractivity (Wildman–Crippen MR) is 55.9 cm³/mol. The Morgan fingerprint density at radius 2 is 2.14 bits per heavy atom. The van der Waals surface area contributed by atoms with E-state index in [1.807, 2.05) is 0 Å². The van der Waals surface area contributed by atoms with E-state index in [-0.39, 0.29) is 6.04 Å². The molecular formula is C10H16N4. The standard InChI is InChI=1S/C10H16N4/c11-8-3-1-2-4-9(8)14-10-7-12-5-6-13-10/h5-9H,1-4,11H2,(H,13,14)/t8-,9+/m0/s1. The highest BCUT2D eigenvalue weighted by Gasteiger charge is 2.21. The molecule has 76 valence electrons. The van der Waals surface area contributed by atoms with Gasteiger partial charge in [0.15, 0.2) is 0 Å². The van der Waals surface area contributed by atoms with Crippen LogP contribution in [0.3, 0.4) is 0 Å². The Kier molecular flexibility index (Phi) is 2.93. The third-order valence-electron chi connectivity index (χ3n) is 2.72. The van der Waals surface area contributed by atoms with Crippen LogP contribution in [-0.4, -0.2) is 22.1 Å². The lowest BCUT2D eigenvalue weighted by molar-refractivity contribution is 0.403. The molecule has 0 bridgehead atoms. The van der Waals surface area contributed by atoms with Crippen LogP contribution in [0.4, 0.5) is 5.82 Å². The first kappa shape index (κ1) is 9.40. The Morgan fingerprint density at radius 3 is 2.86 bits per heavy atom. The molecule has 4 nitrogen and oxygen atoms in total. The van der Waals surface area contributed by atoms with Gasteiger partial charge in [0, 0.05) is 24.5 Å². The van der Waals surface area contributed by atoms with Crippen molar-refractivity contribution in [1.29, 1.82) is 0 Å². The second kappa shape index (κ2) is 4.37. The molecule has 14 heavy (non-hydrogen) atoms. The number of hydrogen-bond acceptors (Lipinski definition) is 4. The molecule has 0 amide bonds. The van der Waals surface area contributed by atoms with Gasteiger partial charge in [-0.15, -0.1) is 0 Å². The van der Waals surface area contributed by atoms with Crippen LogP contribution in [-0.2, 0) is 0 Å². The summed E-state index contributed by atoms with van der Waals surface area (Å²) in [5.41, 5.74) is 6.02. The number of nitrogens with zero attached hydrogens (tertiary/aromatic N) is 2. The number of nitrogens with two attached hydrogens (primary N) is 1. The van der Waals surface area contributed by atoms with Crippen molar-refractivity contribution in [2.24, 2.45) is 5.73 Å². The molecule has 0 aromatic carbocycles. The molecule has 1 fully saturated rings. The van der Waals surface area contributed by atoms with Gasteiger partial charge < -0.3 is 11.1 Å². The normalized spacial score (nSPS) is 27.2. The Hall–Kier alpha value is -1.16. The van der Waals surface area contributed by atoms with Crippen LogP contribution in [0.15, 0.2) is 18.6 Å². The molecule has 1 aliphatic rings. The highest BCUT2D eigenvalue weighted by molar-refractivity contribution is 5.32. The van der Waals surface area contributed by atoms with Crippen molar-refractivity contribution < 1.29 is 0 Å². The predicted octanol–water partition coefficient (Wildman–Crippen LogP) is 1.16. The minimum atomic E-state index is 0.255. The highest BCUT2D eigenvalue weighted by Crippen LogP contribution is 2.19. The van der Waals surface area contributed by atoms with Gasteiger partial charge in [-0.3, -0.25) is 4.98 Å². The summed E-state index contributed by atoms with van der Waals surface area (Å²) in [6.07, 6.45) is 9.85. The molecule has 2 atom stereocenters. The smallest absolute Gasteiger partial charge is 0.144 e. The third-order valence-corrected chi connectivity index (χ3v) is 2.72. The monoisotopic (exact) mass is 192 g/mol. The van der Waals surface area contributed by atoms with Crippen LogP contribution >= 0.6 is 0 Å². The molecule has 0 aliphatic heterocycles. The average Bonchev–Trinajstić information content (AvgIpc) is 2.23. The summed E-state index contributed by atoms with van der Waals surface area (Å²) < 4.78 is 0. The summed E-state index contributed by atoms with van der Waals surface area (Å²) in [7, 11) is 0. The van der Waals surface area contributed by atoms with E-state index in [4.69, 9.17) is 5.73 Å². The maximum absolute atomic E-state index is 6.02. The Bertz CT molecular complexity index is 275. The lowest BCUT2D eigenvalue weighted by Gasteiger charge is -2.29. The molecule has 1 aliphatic carbocycles. The number of rotatable bonds is 2. The van der Waals surface area contributed by atoms with Crippen LogP contribution in [0, 0.1) is 0 Å². The van der Waals surface area contributed by atoms with Crippen LogP contribution in [0.5, 0.6) is 0 Å². The van der Waals surface area contributed by atoms with E-state index in [0.717, 1.165) is 18.7 Å². The average molecular weight is 192 g/mol. The topological polar surface area (TPSA) is 63.8 Å². The van der Waals surface area contributed by atoms with Crippen molar-refractivity contribution in [1.82, 2.24) is 9.97 Å². The van der Waals surface area contributed by atoms with E-state index >= 15 is 0 Å². The Balaban J connectivity index is 1.96. The molecule has 0 spiro atoms.